The number of hydrogen-bond donors (Lipinski definition) is 4. The largest absolute Gasteiger partial charge is 0.472 e. The van der Waals surface area contributed by atoms with E-state index in [1.807, 2.05) is 0 Å². The van der Waals surface area contributed by atoms with E-state index in [2.05, 4.69) is 22.4 Å². The van der Waals surface area contributed by atoms with Crippen LogP contribution in [0.3, 0.4) is 0 Å². The number of esters is 1. The van der Waals surface area contributed by atoms with Crippen LogP contribution in [0.5, 0.6) is 0 Å². The van der Waals surface area contributed by atoms with Gasteiger partial charge in [-0.1, -0.05) is 13.2 Å². The second-order valence-electron chi connectivity index (χ2n) is 3.12. The Labute approximate surface area is 109 Å². The molecular weight excluding hydrogens is 302 g/mol. The van der Waals surface area contributed by atoms with Crippen molar-refractivity contribution in [1.29, 1.82) is 0 Å². The molecule has 0 aromatic carbocycles. The van der Waals surface area contributed by atoms with Crippen molar-refractivity contribution in [2.24, 2.45) is 0 Å². The van der Waals surface area contributed by atoms with Crippen molar-refractivity contribution >= 4 is 21.4 Å². The number of phosphoric acid groups is 1. The van der Waals surface area contributed by atoms with E-state index in [0.29, 0.717) is 5.82 Å². The average molecular weight is 318 g/mol. The molecular formula is C8H16O9P2. The molecule has 0 aromatic rings. The van der Waals surface area contributed by atoms with Crippen LogP contribution in [-0.2, 0) is 23.2 Å². The summed E-state index contributed by atoms with van der Waals surface area (Å²) in [6.07, 6.45) is -1.30. The summed E-state index contributed by atoms with van der Waals surface area (Å²) in [7, 11) is -8.50. The van der Waals surface area contributed by atoms with Crippen molar-refractivity contribution in [3.63, 3.8) is 0 Å². The molecule has 19 heavy (non-hydrogen) atoms. The van der Waals surface area contributed by atoms with Gasteiger partial charge in [-0.05, 0) is 13.8 Å². The molecule has 0 saturated carbocycles. The summed E-state index contributed by atoms with van der Waals surface area (Å²) < 4.78 is 28.3. The third-order valence-corrected chi connectivity index (χ3v) is 2.19. The quantitative estimate of drug-likeness (QED) is 0.250. The molecule has 0 aliphatic rings. The summed E-state index contributed by atoms with van der Waals surface area (Å²) >= 11 is 0. The summed E-state index contributed by atoms with van der Waals surface area (Å²) in [5.41, 5.74) is 0.126. The van der Waals surface area contributed by atoms with Crippen LogP contribution < -0.4 is 0 Å². The Morgan fingerprint density at radius 3 is 1.84 bits per heavy atom. The van der Waals surface area contributed by atoms with Crippen molar-refractivity contribution in [3.8, 4) is 0 Å². The number of phosphoric ester groups is 1. The Balaban J connectivity index is 0. The van der Waals surface area contributed by atoms with Crippen LogP contribution in [0.4, 0.5) is 0 Å². The molecule has 11 heteroatoms. The van der Waals surface area contributed by atoms with Crippen LogP contribution in [0.2, 0.25) is 0 Å². The molecule has 0 heterocycles. The van der Waals surface area contributed by atoms with Gasteiger partial charge in [0, 0.05) is 11.4 Å². The highest BCUT2D eigenvalue weighted by atomic mass is 31.2. The third-order valence-electron chi connectivity index (χ3n) is 1.15. The van der Waals surface area contributed by atoms with E-state index in [1.54, 1.807) is 0 Å². The Bertz CT molecular complexity index is 418. The van der Waals surface area contributed by atoms with E-state index >= 15 is 0 Å². The lowest BCUT2D eigenvalue weighted by molar-refractivity contribution is -0.157. The van der Waals surface area contributed by atoms with Crippen LogP contribution in [0.25, 0.3) is 0 Å². The minimum absolute atomic E-state index is 0.126. The van der Waals surface area contributed by atoms with Crippen LogP contribution in [0.1, 0.15) is 13.8 Å². The molecule has 0 radical (unpaired) electrons. The molecule has 0 aliphatic carbocycles. The lowest BCUT2D eigenvalue weighted by atomic mass is 10.4. The maximum absolute atomic E-state index is 10.8. The first-order valence-electron chi connectivity index (χ1n) is 4.57. The summed E-state index contributed by atoms with van der Waals surface area (Å²) in [4.78, 5) is 43.1. The fourth-order valence-electron chi connectivity index (χ4n) is 0.466. The minimum atomic E-state index is -4.62. The maximum Gasteiger partial charge on any atom is 0.472 e. The zero-order valence-electron chi connectivity index (χ0n) is 10.3. The molecule has 0 amide bonds. The van der Waals surface area contributed by atoms with Crippen LogP contribution in [0, 0.1) is 0 Å². The van der Waals surface area contributed by atoms with Crippen LogP contribution in [0.15, 0.2) is 24.5 Å². The smallest absolute Gasteiger partial charge is 0.432 e. The normalized spacial score (nSPS) is 12.7. The van der Waals surface area contributed by atoms with Gasteiger partial charge in [0.05, 0.1) is 0 Å². The van der Waals surface area contributed by atoms with Crippen LogP contribution >= 0.6 is 15.4 Å². The van der Waals surface area contributed by atoms with Gasteiger partial charge in [0.15, 0.2) is 0 Å². The van der Waals surface area contributed by atoms with Gasteiger partial charge < -0.3 is 24.3 Å². The highest BCUT2D eigenvalue weighted by molar-refractivity contribution is 7.55. The molecule has 0 fully saturated rings. The van der Waals surface area contributed by atoms with Gasteiger partial charge in [0.25, 0.3) is 0 Å². The van der Waals surface area contributed by atoms with Gasteiger partial charge in [-0.3, -0.25) is 4.57 Å². The van der Waals surface area contributed by atoms with E-state index in [4.69, 9.17) is 19.6 Å². The van der Waals surface area contributed by atoms with Gasteiger partial charge >= 0.3 is 21.4 Å². The maximum atomic E-state index is 10.8. The first-order valence-corrected chi connectivity index (χ1v) is 7.79. The number of ether oxygens (including phenoxy) is 1. The monoisotopic (exact) mass is 318 g/mol. The number of carbonyl (C=O) groups is 1. The Morgan fingerprint density at radius 1 is 1.26 bits per heavy atom. The summed E-state index contributed by atoms with van der Waals surface area (Å²) in [6, 6.07) is 0. The molecule has 4 N–H and O–H groups in total. The zero-order chi connectivity index (χ0) is 15.9. The standard InChI is InChI=1S/C6H11O6P.C2H5O3P/c1-4(2)6(7)11-5(3)12-13(8,9)10;1-2-6(3,4)5/h5H,1H2,2-3H3,(H2,8,9,10);2H,1H2,(H2,3,4,5). The fraction of sp³-hybridized carbons (Fsp3) is 0.375. The van der Waals surface area contributed by atoms with E-state index in [0.717, 1.165) is 0 Å². The van der Waals surface area contributed by atoms with E-state index in [9.17, 15) is 13.9 Å². The number of hydrogen-bond acceptors (Lipinski definition) is 5. The highest BCUT2D eigenvalue weighted by Gasteiger charge is 2.21. The van der Waals surface area contributed by atoms with Crippen molar-refractivity contribution in [1.82, 2.24) is 0 Å². The molecule has 112 valence electrons. The van der Waals surface area contributed by atoms with E-state index in [1.165, 1.54) is 13.8 Å². The van der Waals surface area contributed by atoms with Crippen molar-refractivity contribution in [2.75, 3.05) is 0 Å². The van der Waals surface area contributed by atoms with E-state index in [-0.39, 0.29) is 5.57 Å². The molecule has 1 atom stereocenters. The number of carbonyl (C=O) groups excluding carboxylic acids is 1. The molecule has 0 aliphatic heterocycles. The molecule has 0 rings (SSSR count). The van der Waals surface area contributed by atoms with Gasteiger partial charge in [-0.15, -0.1) is 0 Å². The van der Waals surface area contributed by atoms with Crippen LogP contribution in [-0.4, -0.2) is 31.8 Å². The minimum Gasteiger partial charge on any atom is -0.432 e. The second kappa shape index (κ2) is 8.39. The zero-order valence-corrected chi connectivity index (χ0v) is 12.1. The van der Waals surface area contributed by atoms with Crippen molar-refractivity contribution < 1.29 is 42.8 Å². The summed E-state index contributed by atoms with van der Waals surface area (Å²) in [5.74, 6) is -0.159. The second-order valence-corrected chi connectivity index (χ2v) is 5.86. The Morgan fingerprint density at radius 2 is 1.63 bits per heavy atom. The molecule has 0 bridgehead atoms. The first kappa shape index (κ1) is 20.5. The third kappa shape index (κ3) is 17.2. The van der Waals surface area contributed by atoms with Crippen molar-refractivity contribution in [2.45, 2.75) is 20.1 Å². The van der Waals surface area contributed by atoms with Gasteiger partial charge in [0.2, 0.25) is 6.29 Å². The summed E-state index contributed by atoms with van der Waals surface area (Å²) in [6.45, 7) is 8.75. The number of rotatable bonds is 5. The fourth-order valence-corrected chi connectivity index (χ4v) is 0.896. The van der Waals surface area contributed by atoms with Gasteiger partial charge in [0.1, 0.15) is 0 Å². The Hall–Kier alpha value is -0.790. The van der Waals surface area contributed by atoms with E-state index < -0.39 is 27.7 Å². The predicted octanol–water partition coefficient (Wildman–Crippen LogP) is 0.869. The topological polar surface area (TPSA) is 151 Å². The highest BCUT2D eigenvalue weighted by Crippen LogP contribution is 2.37. The molecule has 0 aromatic heterocycles. The average Bonchev–Trinajstić information content (AvgIpc) is 2.14. The molecule has 0 spiro atoms. The predicted molar refractivity (Wildman–Crippen MR) is 65.7 cm³/mol. The molecule has 0 saturated heterocycles. The molecule has 9 nitrogen and oxygen atoms in total. The Kier molecular flexibility index (Phi) is 9.07. The lowest BCUT2D eigenvalue weighted by Crippen LogP contribution is -2.17. The molecule has 1 unspecified atom stereocenters. The van der Waals surface area contributed by atoms with Gasteiger partial charge in [-0.2, -0.15) is 0 Å². The lowest BCUT2D eigenvalue weighted by Gasteiger charge is -2.13. The van der Waals surface area contributed by atoms with Crippen molar-refractivity contribution in [3.05, 3.63) is 24.5 Å². The van der Waals surface area contributed by atoms with Gasteiger partial charge in [-0.25, -0.2) is 13.9 Å². The first-order chi connectivity index (χ1) is 8.28. The SMILES string of the molecule is C=C(C)C(=O)OC(C)OP(=O)(O)O.C=CP(=O)(O)O. The summed E-state index contributed by atoms with van der Waals surface area (Å²) in [5, 5.41) is 0.